The van der Waals surface area contributed by atoms with E-state index in [0.29, 0.717) is 31.7 Å². The van der Waals surface area contributed by atoms with Gasteiger partial charge >= 0.3 is 0 Å². The molecule has 1 N–H and O–H groups in total. The smallest absolute Gasteiger partial charge is 0.270 e. The normalized spacial score (nSPS) is 15.5. The lowest BCUT2D eigenvalue weighted by Gasteiger charge is -2.27. The molecule has 0 saturated heterocycles. The van der Waals surface area contributed by atoms with Crippen LogP contribution in [0.25, 0.3) is 0 Å². The van der Waals surface area contributed by atoms with Crippen molar-refractivity contribution < 1.29 is 14.3 Å². The molecule has 6 heteroatoms. The van der Waals surface area contributed by atoms with Gasteiger partial charge in [-0.3, -0.25) is 9.59 Å². The lowest BCUT2D eigenvalue weighted by atomic mass is 10.1. The van der Waals surface area contributed by atoms with Crippen LogP contribution < -0.4 is 5.43 Å². The number of hydrogen-bond acceptors (Lipinski definition) is 4. The number of nitrogens with one attached hydrogen (secondary N) is 1. The van der Waals surface area contributed by atoms with E-state index in [1.807, 2.05) is 13.8 Å². The van der Waals surface area contributed by atoms with Crippen molar-refractivity contribution in [2.24, 2.45) is 5.10 Å². The van der Waals surface area contributed by atoms with Gasteiger partial charge in [0.2, 0.25) is 5.91 Å². The monoisotopic (exact) mass is 241 g/mol. The van der Waals surface area contributed by atoms with Crippen LogP contribution in [-0.4, -0.2) is 48.7 Å². The molecule has 0 unspecified atom stereocenters. The summed E-state index contributed by atoms with van der Waals surface area (Å²) >= 11 is 0. The SMILES string of the molecule is COCCN(C(=O)C1=NNC(=O)CC1)C(C)C. The lowest BCUT2D eigenvalue weighted by Crippen LogP contribution is -2.45. The maximum atomic E-state index is 12.1. The van der Waals surface area contributed by atoms with Gasteiger partial charge in [-0.1, -0.05) is 0 Å². The lowest BCUT2D eigenvalue weighted by molar-refractivity contribution is -0.126. The van der Waals surface area contributed by atoms with Crippen molar-refractivity contribution in [1.82, 2.24) is 10.3 Å². The first-order valence-corrected chi connectivity index (χ1v) is 5.71. The summed E-state index contributed by atoms with van der Waals surface area (Å²) in [4.78, 5) is 24.8. The van der Waals surface area contributed by atoms with Crippen LogP contribution in [0.1, 0.15) is 26.7 Å². The second-order valence-corrected chi connectivity index (χ2v) is 4.18. The van der Waals surface area contributed by atoms with Gasteiger partial charge in [0.1, 0.15) is 5.71 Å². The minimum absolute atomic E-state index is 0.0815. The van der Waals surface area contributed by atoms with Crippen molar-refractivity contribution in [3.8, 4) is 0 Å². The number of methoxy groups -OCH3 is 1. The van der Waals surface area contributed by atoms with Gasteiger partial charge in [-0.05, 0) is 13.8 Å². The minimum atomic E-state index is -0.144. The molecule has 1 rings (SSSR count). The second kappa shape index (κ2) is 6.34. The fourth-order valence-corrected chi connectivity index (χ4v) is 1.58. The molecular weight excluding hydrogens is 222 g/mol. The number of hydrazone groups is 1. The van der Waals surface area contributed by atoms with E-state index in [1.54, 1.807) is 12.0 Å². The highest BCUT2D eigenvalue weighted by Gasteiger charge is 2.24. The van der Waals surface area contributed by atoms with Crippen molar-refractivity contribution in [2.45, 2.75) is 32.7 Å². The van der Waals surface area contributed by atoms with Crippen molar-refractivity contribution in [2.75, 3.05) is 20.3 Å². The highest BCUT2D eigenvalue weighted by Crippen LogP contribution is 2.06. The largest absolute Gasteiger partial charge is 0.383 e. The summed E-state index contributed by atoms with van der Waals surface area (Å²) in [5.74, 6) is -0.272. The first-order valence-electron chi connectivity index (χ1n) is 5.71. The fraction of sp³-hybridized carbons (Fsp3) is 0.727. The summed E-state index contributed by atoms with van der Waals surface area (Å²) in [5.41, 5.74) is 2.74. The van der Waals surface area contributed by atoms with E-state index in [0.717, 1.165) is 0 Å². The van der Waals surface area contributed by atoms with Crippen molar-refractivity contribution in [3.05, 3.63) is 0 Å². The molecule has 2 amide bonds. The predicted octanol–water partition coefficient (Wildman–Crippen LogP) is 0.136. The molecule has 0 radical (unpaired) electrons. The van der Waals surface area contributed by atoms with E-state index >= 15 is 0 Å². The van der Waals surface area contributed by atoms with Crippen LogP contribution >= 0.6 is 0 Å². The third-order valence-corrected chi connectivity index (χ3v) is 2.57. The number of rotatable bonds is 5. The zero-order valence-electron chi connectivity index (χ0n) is 10.5. The van der Waals surface area contributed by atoms with Crippen molar-refractivity contribution in [1.29, 1.82) is 0 Å². The molecule has 0 atom stereocenters. The summed E-state index contributed by atoms with van der Waals surface area (Å²) in [6.07, 6.45) is 0.724. The van der Waals surface area contributed by atoms with Crippen molar-refractivity contribution >= 4 is 17.5 Å². The third-order valence-electron chi connectivity index (χ3n) is 2.57. The number of carbonyl (C=O) groups is 2. The fourth-order valence-electron chi connectivity index (χ4n) is 1.58. The first kappa shape index (κ1) is 13.6. The van der Waals surface area contributed by atoms with Crippen LogP contribution in [0.5, 0.6) is 0 Å². The Hall–Kier alpha value is -1.43. The van der Waals surface area contributed by atoms with Gasteiger partial charge in [-0.25, -0.2) is 5.43 Å². The molecule has 0 aromatic heterocycles. The average molecular weight is 241 g/mol. The second-order valence-electron chi connectivity index (χ2n) is 4.18. The number of nitrogens with zero attached hydrogens (tertiary/aromatic N) is 2. The third kappa shape index (κ3) is 3.81. The number of hydrogen-bond donors (Lipinski definition) is 1. The zero-order valence-corrected chi connectivity index (χ0v) is 10.5. The van der Waals surface area contributed by atoms with E-state index in [-0.39, 0.29) is 17.9 Å². The quantitative estimate of drug-likeness (QED) is 0.744. The minimum Gasteiger partial charge on any atom is -0.383 e. The van der Waals surface area contributed by atoms with E-state index in [2.05, 4.69) is 10.5 Å². The standard InChI is InChI=1S/C11H19N3O3/c1-8(2)14(6-7-17-3)11(16)9-4-5-10(15)13-12-9/h8H,4-7H2,1-3H3,(H,13,15). The molecule has 0 aromatic carbocycles. The zero-order chi connectivity index (χ0) is 12.8. The topological polar surface area (TPSA) is 71.0 Å². The molecule has 6 nitrogen and oxygen atoms in total. The molecule has 0 spiro atoms. The van der Waals surface area contributed by atoms with Crippen molar-refractivity contribution in [3.63, 3.8) is 0 Å². The number of ether oxygens (including phenoxy) is 1. The summed E-state index contributed by atoms with van der Waals surface area (Å²) in [6.45, 7) is 4.90. The van der Waals surface area contributed by atoms with Crippen LogP contribution in [0, 0.1) is 0 Å². The van der Waals surface area contributed by atoms with Gasteiger partial charge in [0.15, 0.2) is 0 Å². The molecule has 0 fully saturated rings. The van der Waals surface area contributed by atoms with Gasteiger partial charge in [0.25, 0.3) is 5.91 Å². The van der Waals surface area contributed by atoms with Crippen LogP contribution in [0.15, 0.2) is 5.10 Å². The first-order chi connectivity index (χ1) is 8.06. The molecule has 0 aromatic rings. The molecule has 1 aliphatic rings. The summed E-state index contributed by atoms with van der Waals surface area (Å²) in [5, 5.41) is 3.81. The Kier molecular flexibility index (Phi) is 5.09. The number of carbonyl (C=O) groups excluding carboxylic acids is 2. The van der Waals surface area contributed by atoms with E-state index in [4.69, 9.17) is 4.74 Å². The highest BCUT2D eigenvalue weighted by atomic mass is 16.5. The van der Waals surface area contributed by atoms with E-state index in [9.17, 15) is 9.59 Å². The van der Waals surface area contributed by atoms with Gasteiger partial charge in [0.05, 0.1) is 6.61 Å². The molecule has 1 heterocycles. The Morgan fingerprint density at radius 2 is 2.24 bits per heavy atom. The van der Waals surface area contributed by atoms with Crippen LogP contribution in [0.3, 0.4) is 0 Å². The van der Waals surface area contributed by atoms with Gasteiger partial charge in [-0.15, -0.1) is 0 Å². The summed E-state index contributed by atoms with van der Waals surface area (Å²) in [7, 11) is 1.60. The molecule has 0 saturated carbocycles. The van der Waals surface area contributed by atoms with Crippen LogP contribution in [0.4, 0.5) is 0 Å². The summed E-state index contributed by atoms with van der Waals surface area (Å²) < 4.78 is 4.97. The van der Waals surface area contributed by atoms with Gasteiger partial charge < -0.3 is 9.64 Å². The molecule has 0 bridgehead atoms. The van der Waals surface area contributed by atoms with Gasteiger partial charge in [-0.2, -0.15) is 5.10 Å². The van der Waals surface area contributed by atoms with Crippen LogP contribution in [-0.2, 0) is 14.3 Å². The Balaban J connectivity index is 2.67. The maximum Gasteiger partial charge on any atom is 0.270 e. The maximum absolute atomic E-state index is 12.1. The molecule has 0 aliphatic carbocycles. The van der Waals surface area contributed by atoms with Gasteiger partial charge in [0, 0.05) is 32.5 Å². The number of amides is 2. The van der Waals surface area contributed by atoms with E-state index in [1.165, 1.54) is 0 Å². The Morgan fingerprint density at radius 3 is 2.71 bits per heavy atom. The molecule has 1 aliphatic heterocycles. The molecule has 17 heavy (non-hydrogen) atoms. The average Bonchev–Trinajstić information content (AvgIpc) is 2.29. The van der Waals surface area contributed by atoms with Crippen LogP contribution in [0.2, 0.25) is 0 Å². The highest BCUT2D eigenvalue weighted by molar-refractivity contribution is 6.39. The summed E-state index contributed by atoms with van der Waals surface area (Å²) in [6, 6.07) is 0.0815. The predicted molar refractivity (Wildman–Crippen MR) is 63.5 cm³/mol. The molecule has 96 valence electrons. The molecular formula is C11H19N3O3. The van der Waals surface area contributed by atoms with E-state index < -0.39 is 0 Å². The Bertz CT molecular complexity index is 326. The Morgan fingerprint density at radius 1 is 1.53 bits per heavy atom. The Labute approximate surface area is 101 Å².